The predicted molar refractivity (Wildman–Crippen MR) is 74.1 cm³/mol. The molecule has 0 radical (unpaired) electrons. The van der Waals surface area contributed by atoms with E-state index in [-0.39, 0.29) is 17.9 Å². The molecule has 104 valence electrons. The minimum Gasteiger partial charge on any atom is -0.356 e. The molecule has 0 saturated heterocycles. The van der Waals surface area contributed by atoms with Crippen LogP contribution in [0.1, 0.15) is 64.2 Å². The Balaban J connectivity index is 1.53. The summed E-state index contributed by atoms with van der Waals surface area (Å²) in [7, 11) is 0. The van der Waals surface area contributed by atoms with Gasteiger partial charge in [-0.3, -0.25) is 4.79 Å². The number of carbonyl (C=O) groups excluding carboxylic acids is 1. The third kappa shape index (κ3) is 4.27. The molecule has 2 rings (SSSR count). The molecule has 0 aliphatic heterocycles. The number of hydrogen-bond donors (Lipinski definition) is 2. The fourth-order valence-electron chi connectivity index (χ4n) is 3.48. The molecule has 0 heterocycles. The smallest absolute Gasteiger partial charge is 0.223 e. The number of nitrogens with one attached hydrogen (secondary N) is 1. The highest BCUT2D eigenvalue weighted by Gasteiger charge is 2.27. The molecule has 2 aliphatic rings. The van der Waals surface area contributed by atoms with Crippen LogP contribution in [-0.2, 0) is 4.79 Å². The van der Waals surface area contributed by atoms with Crippen molar-refractivity contribution in [2.45, 2.75) is 70.3 Å². The highest BCUT2D eigenvalue weighted by molar-refractivity contribution is 5.78. The van der Waals surface area contributed by atoms with Gasteiger partial charge >= 0.3 is 0 Å². The van der Waals surface area contributed by atoms with Crippen molar-refractivity contribution >= 4 is 5.91 Å². The van der Waals surface area contributed by atoms with Gasteiger partial charge in [0.2, 0.25) is 5.91 Å². The van der Waals surface area contributed by atoms with Gasteiger partial charge in [0.15, 0.2) is 0 Å². The van der Waals surface area contributed by atoms with Crippen molar-refractivity contribution in [2.75, 3.05) is 6.54 Å². The van der Waals surface area contributed by atoms with Gasteiger partial charge in [-0.05, 0) is 38.0 Å². The Hall–Kier alpha value is -0.570. The number of carbonyl (C=O) groups is 1. The molecule has 3 nitrogen and oxygen atoms in total. The van der Waals surface area contributed by atoms with Gasteiger partial charge in [-0.25, -0.2) is 0 Å². The zero-order valence-corrected chi connectivity index (χ0v) is 11.5. The van der Waals surface area contributed by atoms with Crippen molar-refractivity contribution in [3.8, 4) is 0 Å². The van der Waals surface area contributed by atoms with Crippen LogP contribution >= 0.6 is 0 Å². The van der Waals surface area contributed by atoms with Crippen molar-refractivity contribution < 1.29 is 4.79 Å². The SMILES string of the molecule is NC1CCC(C(=O)NCCCC2CCCCC2)C1. The first-order valence-electron chi connectivity index (χ1n) is 7.79. The second-order valence-corrected chi connectivity index (χ2v) is 6.21. The van der Waals surface area contributed by atoms with Crippen LogP contribution in [0.2, 0.25) is 0 Å². The lowest BCUT2D eigenvalue weighted by molar-refractivity contribution is -0.124. The van der Waals surface area contributed by atoms with Gasteiger partial charge in [0.1, 0.15) is 0 Å². The van der Waals surface area contributed by atoms with Crippen LogP contribution in [0.4, 0.5) is 0 Å². The Morgan fingerprint density at radius 2 is 1.89 bits per heavy atom. The third-order valence-corrected chi connectivity index (χ3v) is 4.66. The Kier molecular flexibility index (Phi) is 5.48. The molecule has 2 atom stereocenters. The summed E-state index contributed by atoms with van der Waals surface area (Å²) in [4.78, 5) is 11.9. The van der Waals surface area contributed by atoms with Crippen LogP contribution in [0.3, 0.4) is 0 Å². The molecule has 0 bridgehead atoms. The third-order valence-electron chi connectivity index (χ3n) is 4.66. The molecule has 1 amide bonds. The summed E-state index contributed by atoms with van der Waals surface area (Å²) in [5, 5.41) is 3.09. The van der Waals surface area contributed by atoms with E-state index in [0.717, 1.165) is 38.1 Å². The van der Waals surface area contributed by atoms with Gasteiger partial charge in [-0.1, -0.05) is 32.1 Å². The van der Waals surface area contributed by atoms with E-state index in [1.165, 1.54) is 38.5 Å². The molecular formula is C15H28N2O. The molecule has 3 N–H and O–H groups in total. The molecule has 0 spiro atoms. The molecule has 3 heteroatoms. The lowest BCUT2D eigenvalue weighted by Crippen LogP contribution is -2.31. The van der Waals surface area contributed by atoms with Crippen molar-refractivity contribution in [3.63, 3.8) is 0 Å². The summed E-state index contributed by atoms with van der Waals surface area (Å²) in [6.45, 7) is 0.862. The van der Waals surface area contributed by atoms with Crippen LogP contribution in [0.25, 0.3) is 0 Å². The largest absolute Gasteiger partial charge is 0.356 e. The zero-order chi connectivity index (χ0) is 12.8. The first-order valence-corrected chi connectivity index (χ1v) is 7.79. The molecule has 2 unspecified atom stereocenters. The van der Waals surface area contributed by atoms with Gasteiger partial charge in [0.05, 0.1) is 0 Å². The van der Waals surface area contributed by atoms with Crippen molar-refractivity contribution in [1.29, 1.82) is 0 Å². The lowest BCUT2D eigenvalue weighted by Gasteiger charge is -2.21. The second-order valence-electron chi connectivity index (χ2n) is 6.21. The standard InChI is InChI=1S/C15H28N2O/c16-14-9-8-13(11-14)15(18)17-10-4-7-12-5-2-1-3-6-12/h12-14H,1-11,16H2,(H,17,18). The minimum atomic E-state index is 0.190. The van der Waals surface area contributed by atoms with E-state index in [2.05, 4.69) is 5.32 Å². The van der Waals surface area contributed by atoms with E-state index in [9.17, 15) is 4.79 Å². The summed E-state index contributed by atoms with van der Waals surface area (Å²) in [6, 6.07) is 0.253. The Morgan fingerprint density at radius 1 is 1.11 bits per heavy atom. The van der Waals surface area contributed by atoms with E-state index < -0.39 is 0 Å². The lowest BCUT2D eigenvalue weighted by atomic mass is 9.86. The van der Waals surface area contributed by atoms with Crippen LogP contribution in [-0.4, -0.2) is 18.5 Å². The van der Waals surface area contributed by atoms with Crippen molar-refractivity contribution in [3.05, 3.63) is 0 Å². The van der Waals surface area contributed by atoms with E-state index in [0.29, 0.717) is 0 Å². The molecule has 2 aliphatic carbocycles. The topological polar surface area (TPSA) is 55.1 Å². The van der Waals surface area contributed by atoms with E-state index in [1.54, 1.807) is 0 Å². The van der Waals surface area contributed by atoms with Gasteiger partial charge in [0.25, 0.3) is 0 Å². The molecule has 2 fully saturated rings. The first-order chi connectivity index (χ1) is 8.75. The van der Waals surface area contributed by atoms with Gasteiger partial charge in [-0.2, -0.15) is 0 Å². The first kappa shape index (κ1) is 13.9. The Labute approximate surface area is 111 Å². The van der Waals surface area contributed by atoms with Gasteiger partial charge in [-0.15, -0.1) is 0 Å². The number of amides is 1. The fraction of sp³-hybridized carbons (Fsp3) is 0.933. The average Bonchev–Trinajstić information content (AvgIpc) is 2.82. The van der Waals surface area contributed by atoms with Crippen molar-refractivity contribution in [2.24, 2.45) is 17.6 Å². The predicted octanol–water partition coefficient (Wildman–Crippen LogP) is 2.59. The molecule has 0 aromatic carbocycles. The Morgan fingerprint density at radius 3 is 2.56 bits per heavy atom. The maximum absolute atomic E-state index is 11.9. The Bertz CT molecular complexity index is 261. The highest BCUT2D eigenvalue weighted by Crippen LogP contribution is 2.27. The van der Waals surface area contributed by atoms with E-state index >= 15 is 0 Å². The molecule has 0 aromatic heterocycles. The zero-order valence-electron chi connectivity index (χ0n) is 11.5. The summed E-state index contributed by atoms with van der Waals surface area (Å²) < 4.78 is 0. The van der Waals surface area contributed by atoms with Crippen LogP contribution in [0.15, 0.2) is 0 Å². The fourth-order valence-corrected chi connectivity index (χ4v) is 3.48. The van der Waals surface area contributed by atoms with Crippen LogP contribution in [0, 0.1) is 11.8 Å². The quantitative estimate of drug-likeness (QED) is 0.739. The van der Waals surface area contributed by atoms with E-state index in [1.807, 2.05) is 0 Å². The highest BCUT2D eigenvalue weighted by atomic mass is 16.1. The van der Waals surface area contributed by atoms with Crippen LogP contribution < -0.4 is 11.1 Å². The molecular weight excluding hydrogens is 224 g/mol. The van der Waals surface area contributed by atoms with Gasteiger partial charge in [0, 0.05) is 18.5 Å². The summed E-state index contributed by atoms with van der Waals surface area (Å²) >= 11 is 0. The maximum atomic E-state index is 11.9. The molecule has 0 aromatic rings. The summed E-state index contributed by atoms with van der Waals surface area (Å²) in [5.74, 6) is 1.36. The minimum absolute atomic E-state index is 0.190. The summed E-state index contributed by atoms with van der Waals surface area (Å²) in [5.41, 5.74) is 5.84. The number of rotatable bonds is 5. The number of hydrogen-bond acceptors (Lipinski definition) is 2. The monoisotopic (exact) mass is 252 g/mol. The molecule has 2 saturated carbocycles. The second kappa shape index (κ2) is 7.13. The average molecular weight is 252 g/mol. The maximum Gasteiger partial charge on any atom is 0.223 e. The summed E-state index contributed by atoms with van der Waals surface area (Å²) in [6.07, 6.45) is 12.4. The normalized spacial score (nSPS) is 29.4. The van der Waals surface area contributed by atoms with E-state index in [4.69, 9.17) is 5.73 Å². The molecule has 18 heavy (non-hydrogen) atoms. The van der Waals surface area contributed by atoms with Crippen LogP contribution in [0.5, 0.6) is 0 Å². The number of nitrogens with two attached hydrogens (primary N) is 1. The van der Waals surface area contributed by atoms with Crippen molar-refractivity contribution in [1.82, 2.24) is 5.32 Å². The van der Waals surface area contributed by atoms with Gasteiger partial charge < -0.3 is 11.1 Å².